The van der Waals surface area contributed by atoms with Gasteiger partial charge in [-0.05, 0) is 13.8 Å². The first-order valence-corrected chi connectivity index (χ1v) is 5.81. The van der Waals surface area contributed by atoms with Crippen molar-refractivity contribution in [3.05, 3.63) is 0 Å². The molecule has 0 radical (unpaired) electrons. The van der Waals surface area contributed by atoms with Gasteiger partial charge in [0, 0.05) is 6.54 Å². The van der Waals surface area contributed by atoms with Gasteiger partial charge < -0.3 is 10.9 Å². The van der Waals surface area contributed by atoms with Gasteiger partial charge in [-0.1, -0.05) is 12.1 Å². The maximum Gasteiger partial charge on any atom is 0.216 e. The summed E-state index contributed by atoms with van der Waals surface area (Å²) in [5.41, 5.74) is 5.24. The van der Waals surface area contributed by atoms with Gasteiger partial charge in [-0.3, -0.25) is 0 Å². The average Bonchev–Trinajstić information content (AvgIpc) is 2.12. The third-order valence-corrected chi connectivity index (χ3v) is 4.07. The van der Waals surface area contributed by atoms with Crippen molar-refractivity contribution in [3.8, 4) is 0 Å². The summed E-state index contributed by atoms with van der Waals surface area (Å²) in [4.78, 5) is 0. The molecule has 3 N–H and O–H groups in total. The lowest BCUT2D eigenvalue weighted by Gasteiger charge is -2.21. The Kier molecular flexibility index (Phi) is 4.86. The standard InChI is InChI=1S/C7H17N3O3S/c1-4-10(5-7(8)9-11)14(12,13)6(2)3/h6,11H,4-5H2,1-3H3,(H2,8,9). The highest BCUT2D eigenvalue weighted by atomic mass is 32.2. The molecule has 0 heterocycles. The number of hydrogen-bond donors (Lipinski definition) is 2. The van der Waals surface area contributed by atoms with E-state index in [1.54, 1.807) is 20.8 Å². The molecule has 0 saturated heterocycles. The van der Waals surface area contributed by atoms with Crippen molar-refractivity contribution < 1.29 is 13.6 Å². The molecule has 0 atom stereocenters. The molecule has 7 heteroatoms. The minimum absolute atomic E-state index is 0.0759. The number of amidine groups is 1. The third kappa shape index (κ3) is 3.15. The highest BCUT2D eigenvalue weighted by molar-refractivity contribution is 7.89. The molecular weight excluding hydrogens is 206 g/mol. The Bertz CT molecular complexity index is 297. The van der Waals surface area contributed by atoms with Crippen molar-refractivity contribution in [2.45, 2.75) is 26.0 Å². The van der Waals surface area contributed by atoms with E-state index in [0.29, 0.717) is 6.54 Å². The van der Waals surface area contributed by atoms with E-state index in [-0.39, 0.29) is 12.4 Å². The number of hydrogen-bond acceptors (Lipinski definition) is 4. The van der Waals surface area contributed by atoms with E-state index in [2.05, 4.69) is 5.16 Å². The fourth-order valence-corrected chi connectivity index (χ4v) is 2.16. The summed E-state index contributed by atoms with van der Waals surface area (Å²) in [7, 11) is -3.33. The highest BCUT2D eigenvalue weighted by Gasteiger charge is 2.24. The molecule has 0 aromatic rings. The van der Waals surface area contributed by atoms with Gasteiger partial charge in [0.15, 0.2) is 5.84 Å². The van der Waals surface area contributed by atoms with Crippen LogP contribution in [0.1, 0.15) is 20.8 Å². The van der Waals surface area contributed by atoms with E-state index < -0.39 is 15.3 Å². The molecule has 0 bridgehead atoms. The topological polar surface area (TPSA) is 96.0 Å². The average molecular weight is 223 g/mol. The molecule has 0 aliphatic carbocycles. The number of nitrogens with zero attached hydrogens (tertiary/aromatic N) is 2. The van der Waals surface area contributed by atoms with Crippen LogP contribution in [0, 0.1) is 0 Å². The largest absolute Gasteiger partial charge is 0.409 e. The van der Waals surface area contributed by atoms with E-state index in [4.69, 9.17) is 10.9 Å². The Morgan fingerprint density at radius 3 is 2.36 bits per heavy atom. The molecule has 0 saturated carbocycles. The van der Waals surface area contributed by atoms with E-state index in [1.165, 1.54) is 4.31 Å². The summed E-state index contributed by atoms with van der Waals surface area (Å²) in [5, 5.41) is 10.6. The number of likely N-dealkylation sites (N-methyl/N-ethyl adjacent to an activating group) is 1. The zero-order chi connectivity index (χ0) is 11.4. The zero-order valence-corrected chi connectivity index (χ0v) is 9.45. The molecule has 0 aliphatic heterocycles. The third-order valence-electron chi connectivity index (χ3n) is 1.78. The number of nitrogens with two attached hydrogens (primary N) is 1. The van der Waals surface area contributed by atoms with E-state index in [9.17, 15) is 8.42 Å². The Hall–Kier alpha value is -0.820. The van der Waals surface area contributed by atoms with Crippen LogP contribution in [0.2, 0.25) is 0 Å². The quantitative estimate of drug-likeness (QED) is 0.292. The normalized spacial score (nSPS) is 13.9. The minimum atomic E-state index is -3.33. The molecule has 0 spiro atoms. The first-order chi connectivity index (χ1) is 6.36. The first-order valence-electron chi connectivity index (χ1n) is 4.31. The van der Waals surface area contributed by atoms with Crippen molar-refractivity contribution in [1.29, 1.82) is 0 Å². The van der Waals surface area contributed by atoms with Crippen LogP contribution in [0.25, 0.3) is 0 Å². The molecule has 84 valence electrons. The van der Waals surface area contributed by atoms with Crippen LogP contribution >= 0.6 is 0 Å². The van der Waals surface area contributed by atoms with Crippen molar-refractivity contribution in [2.24, 2.45) is 10.9 Å². The van der Waals surface area contributed by atoms with Crippen LogP contribution in [0.5, 0.6) is 0 Å². The van der Waals surface area contributed by atoms with Crippen molar-refractivity contribution in [1.82, 2.24) is 4.31 Å². The lowest BCUT2D eigenvalue weighted by molar-refractivity contribution is 0.315. The summed E-state index contributed by atoms with van der Waals surface area (Å²) in [6, 6.07) is 0. The Morgan fingerprint density at radius 1 is 1.57 bits per heavy atom. The van der Waals surface area contributed by atoms with Crippen LogP contribution < -0.4 is 5.73 Å². The monoisotopic (exact) mass is 223 g/mol. The molecule has 0 fully saturated rings. The van der Waals surface area contributed by atoms with Crippen LogP contribution in [-0.2, 0) is 10.0 Å². The van der Waals surface area contributed by atoms with E-state index in [1.807, 2.05) is 0 Å². The van der Waals surface area contributed by atoms with Gasteiger partial charge in [0.2, 0.25) is 10.0 Å². The van der Waals surface area contributed by atoms with Crippen molar-refractivity contribution in [3.63, 3.8) is 0 Å². The van der Waals surface area contributed by atoms with Gasteiger partial charge >= 0.3 is 0 Å². The van der Waals surface area contributed by atoms with Crippen molar-refractivity contribution in [2.75, 3.05) is 13.1 Å². The lowest BCUT2D eigenvalue weighted by Crippen LogP contribution is -2.41. The Balaban J connectivity index is 4.75. The van der Waals surface area contributed by atoms with Crippen molar-refractivity contribution >= 4 is 15.9 Å². The smallest absolute Gasteiger partial charge is 0.216 e. The predicted molar refractivity (Wildman–Crippen MR) is 54.7 cm³/mol. The van der Waals surface area contributed by atoms with Crippen LogP contribution in [0.3, 0.4) is 0 Å². The van der Waals surface area contributed by atoms with E-state index in [0.717, 1.165) is 0 Å². The van der Waals surface area contributed by atoms with Crippen LogP contribution in [0.4, 0.5) is 0 Å². The summed E-state index contributed by atoms with van der Waals surface area (Å²) < 4.78 is 24.5. The molecule has 14 heavy (non-hydrogen) atoms. The second-order valence-corrected chi connectivity index (χ2v) is 5.60. The summed E-state index contributed by atoms with van der Waals surface area (Å²) in [6.07, 6.45) is 0. The number of sulfonamides is 1. The zero-order valence-electron chi connectivity index (χ0n) is 8.64. The van der Waals surface area contributed by atoms with E-state index >= 15 is 0 Å². The maximum absolute atomic E-state index is 11.6. The van der Waals surface area contributed by atoms with Gasteiger partial charge in [-0.15, -0.1) is 0 Å². The number of rotatable bonds is 5. The molecule has 6 nitrogen and oxygen atoms in total. The number of oxime groups is 1. The molecule has 0 aromatic carbocycles. The van der Waals surface area contributed by atoms with Gasteiger partial charge in [0.1, 0.15) is 0 Å². The molecule has 0 rings (SSSR count). The second-order valence-electron chi connectivity index (χ2n) is 3.11. The Morgan fingerprint density at radius 2 is 2.07 bits per heavy atom. The first kappa shape index (κ1) is 13.2. The summed E-state index contributed by atoms with van der Waals surface area (Å²) in [6.45, 7) is 5.10. The SMILES string of the molecule is CCN(CC(N)=NO)S(=O)(=O)C(C)C. The summed E-state index contributed by atoms with van der Waals surface area (Å²) >= 11 is 0. The van der Waals surface area contributed by atoms with Gasteiger partial charge in [0.05, 0.1) is 11.8 Å². The van der Waals surface area contributed by atoms with Gasteiger partial charge in [-0.25, -0.2) is 8.42 Å². The summed E-state index contributed by atoms with van der Waals surface area (Å²) in [5.74, 6) is -0.115. The van der Waals surface area contributed by atoms with Crippen LogP contribution in [-0.4, -0.2) is 42.1 Å². The molecule has 0 aliphatic rings. The fraction of sp³-hybridized carbons (Fsp3) is 0.857. The van der Waals surface area contributed by atoms with Gasteiger partial charge in [0.25, 0.3) is 0 Å². The van der Waals surface area contributed by atoms with Crippen LogP contribution in [0.15, 0.2) is 5.16 Å². The van der Waals surface area contributed by atoms with Gasteiger partial charge in [-0.2, -0.15) is 4.31 Å². The lowest BCUT2D eigenvalue weighted by atomic mass is 10.6. The molecule has 0 aromatic heterocycles. The maximum atomic E-state index is 11.6. The predicted octanol–water partition coefficient (Wildman–Crippen LogP) is -0.207. The highest BCUT2D eigenvalue weighted by Crippen LogP contribution is 2.07. The fourth-order valence-electron chi connectivity index (χ4n) is 0.892. The second kappa shape index (κ2) is 5.16. The molecular formula is C7H17N3O3S. The minimum Gasteiger partial charge on any atom is -0.409 e. The molecule has 0 unspecified atom stereocenters. The Labute approximate surface area is 84.4 Å². The molecule has 0 amide bonds.